The lowest BCUT2D eigenvalue weighted by atomic mass is 10.1. The predicted octanol–water partition coefficient (Wildman–Crippen LogP) is 2.72. The quantitative estimate of drug-likeness (QED) is 0.567. The summed E-state index contributed by atoms with van der Waals surface area (Å²) >= 11 is 0. The van der Waals surface area contributed by atoms with Crippen LogP contribution in [0.15, 0.2) is 63.8 Å². The number of carbonyl (C=O) groups is 2. The van der Waals surface area contributed by atoms with Crippen LogP contribution in [0.1, 0.15) is 23.2 Å². The molecule has 31 heavy (non-hydrogen) atoms. The summed E-state index contributed by atoms with van der Waals surface area (Å²) < 4.78 is 16.1. The summed E-state index contributed by atoms with van der Waals surface area (Å²) in [6.45, 7) is 0.882. The molecule has 3 aromatic rings. The number of nitrogens with one attached hydrogen (secondary N) is 2. The van der Waals surface area contributed by atoms with Gasteiger partial charge in [-0.2, -0.15) is 0 Å². The van der Waals surface area contributed by atoms with Crippen molar-refractivity contribution >= 4 is 28.5 Å². The third-order valence-corrected chi connectivity index (χ3v) is 4.92. The summed E-state index contributed by atoms with van der Waals surface area (Å²) in [5, 5.41) is 6.31. The van der Waals surface area contributed by atoms with E-state index < -0.39 is 11.5 Å². The molecule has 1 fully saturated rings. The van der Waals surface area contributed by atoms with E-state index in [0.717, 1.165) is 24.8 Å². The van der Waals surface area contributed by atoms with Gasteiger partial charge >= 0.3 is 5.63 Å². The molecule has 1 aliphatic rings. The monoisotopic (exact) mass is 422 g/mol. The van der Waals surface area contributed by atoms with Gasteiger partial charge in [-0.25, -0.2) is 4.79 Å². The Hall–Kier alpha value is -3.65. The number of benzene rings is 2. The topological polar surface area (TPSA) is 107 Å². The SMILES string of the molecule is O=C(COc1ccc2ccc(=O)oc2c1)Nc1ccccc1C(=O)NCC1CCCO1. The van der Waals surface area contributed by atoms with Gasteiger partial charge in [0.2, 0.25) is 0 Å². The van der Waals surface area contributed by atoms with Gasteiger partial charge in [0.05, 0.1) is 17.4 Å². The summed E-state index contributed by atoms with van der Waals surface area (Å²) in [5.41, 5.74) is 0.669. The van der Waals surface area contributed by atoms with Crippen LogP contribution in [-0.2, 0) is 9.53 Å². The summed E-state index contributed by atoms with van der Waals surface area (Å²) in [4.78, 5) is 36.3. The highest BCUT2D eigenvalue weighted by atomic mass is 16.5. The first-order valence-corrected chi connectivity index (χ1v) is 10.0. The van der Waals surface area contributed by atoms with Crippen LogP contribution >= 0.6 is 0 Å². The van der Waals surface area contributed by atoms with Crippen molar-refractivity contribution in [2.45, 2.75) is 18.9 Å². The van der Waals surface area contributed by atoms with Crippen LogP contribution in [0.2, 0.25) is 0 Å². The lowest BCUT2D eigenvalue weighted by molar-refractivity contribution is -0.118. The zero-order valence-corrected chi connectivity index (χ0v) is 16.8. The Morgan fingerprint density at radius 1 is 1.10 bits per heavy atom. The zero-order chi connectivity index (χ0) is 21.6. The van der Waals surface area contributed by atoms with E-state index in [1.54, 1.807) is 48.5 Å². The van der Waals surface area contributed by atoms with Crippen LogP contribution in [0.3, 0.4) is 0 Å². The Morgan fingerprint density at radius 3 is 2.77 bits per heavy atom. The molecule has 2 heterocycles. The van der Waals surface area contributed by atoms with Gasteiger partial charge in [0.25, 0.3) is 11.8 Å². The van der Waals surface area contributed by atoms with E-state index in [1.807, 2.05) is 0 Å². The summed E-state index contributed by atoms with van der Waals surface area (Å²) in [5.74, 6) is -0.314. The van der Waals surface area contributed by atoms with E-state index in [2.05, 4.69) is 10.6 Å². The highest BCUT2D eigenvalue weighted by Crippen LogP contribution is 2.20. The summed E-state index contributed by atoms with van der Waals surface area (Å²) in [6.07, 6.45) is 1.95. The van der Waals surface area contributed by atoms with Gasteiger partial charge < -0.3 is 24.5 Å². The zero-order valence-electron chi connectivity index (χ0n) is 16.8. The van der Waals surface area contributed by atoms with Crippen LogP contribution in [0.25, 0.3) is 11.0 Å². The van der Waals surface area contributed by atoms with E-state index in [9.17, 15) is 14.4 Å². The van der Waals surface area contributed by atoms with Crippen LogP contribution in [0.4, 0.5) is 5.69 Å². The van der Waals surface area contributed by atoms with Gasteiger partial charge in [-0.15, -0.1) is 0 Å². The molecule has 0 saturated carbocycles. The van der Waals surface area contributed by atoms with Crippen molar-refractivity contribution in [3.63, 3.8) is 0 Å². The molecule has 4 rings (SSSR count). The molecule has 8 nitrogen and oxygen atoms in total. The molecule has 1 aliphatic heterocycles. The molecule has 0 aliphatic carbocycles. The minimum Gasteiger partial charge on any atom is -0.484 e. The minimum absolute atomic E-state index is 0.0329. The smallest absolute Gasteiger partial charge is 0.336 e. The van der Waals surface area contributed by atoms with E-state index in [4.69, 9.17) is 13.9 Å². The molecule has 1 unspecified atom stereocenters. The maximum absolute atomic E-state index is 12.5. The van der Waals surface area contributed by atoms with Crippen LogP contribution < -0.4 is 21.0 Å². The van der Waals surface area contributed by atoms with E-state index >= 15 is 0 Å². The number of hydrogen-bond donors (Lipinski definition) is 2. The molecule has 8 heteroatoms. The number of anilines is 1. The van der Waals surface area contributed by atoms with Gasteiger partial charge in [0.15, 0.2) is 6.61 Å². The molecule has 0 radical (unpaired) electrons. The maximum atomic E-state index is 12.5. The Balaban J connectivity index is 1.36. The first kappa shape index (κ1) is 20.6. The highest BCUT2D eigenvalue weighted by molar-refractivity contribution is 6.04. The fraction of sp³-hybridized carbons (Fsp3) is 0.261. The molecule has 1 atom stereocenters. The Bertz CT molecular complexity index is 1150. The molecule has 2 aromatic carbocycles. The molecule has 2 N–H and O–H groups in total. The van der Waals surface area contributed by atoms with Crippen LogP contribution in [0.5, 0.6) is 5.75 Å². The largest absolute Gasteiger partial charge is 0.484 e. The molecule has 1 saturated heterocycles. The Kier molecular flexibility index (Phi) is 6.28. The number of fused-ring (bicyclic) bond motifs is 1. The average Bonchev–Trinajstić information content (AvgIpc) is 3.30. The van der Waals surface area contributed by atoms with Crippen molar-refractivity contribution in [2.75, 3.05) is 25.1 Å². The number of hydrogen-bond acceptors (Lipinski definition) is 6. The van der Waals surface area contributed by atoms with E-state index in [1.165, 1.54) is 6.07 Å². The Labute approximate surface area is 178 Å². The normalized spacial score (nSPS) is 15.5. The molecule has 0 bridgehead atoms. The van der Waals surface area contributed by atoms with Crippen molar-refractivity contribution in [2.24, 2.45) is 0 Å². The maximum Gasteiger partial charge on any atom is 0.336 e. The van der Waals surface area contributed by atoms with Crippen molar-refractivity contribution in [1.29, 1.82) is 0 Å². The number of ether oxygens (including phenoxy) is 2. The average molecular weight is 422 g/mol. The lowest BCUT2D eigenvalue weighted by Gasteiger charge is -2.14. The number of carbonyl (C=O) groups excluding carboxylic acids is 2. The molecule has 2 amide bonds. The molecular formula is C23H22N2O6. The first-order chi connectivity index (χ1) is 15.1. The standard InChI is InChI=1S/C23H22N2O6/c26-21(14-30-16-9-7-15-8-10-22(27)31-20(15)12-16)25-19-6-2-1-5-18(19)23(28)24-13-17-4-3-11-29-17/h1-2,5-10,12,17H,3-4,11,13-14H2,(H,24,28)(H,25,26). The van der Waals surface area contributed by atoms with Gasteiger partial charge in [-0.3, -0.25) is 9.59 Å². The second-order valence-electron chi connectivity index (χ2n) is 7.18. The number of amides is 2. The fourth-order valence-corrected chi connectivity index (χ4v) is 3.36. The summed E-state index contributed by atoms with van der Waals surface area (Å²) in [6, 6.07) is 14.7. The molecule has 0 spiro atoms. The van der Waals surface area contributed by atoms with Crippen molar-refractivity contribution in [3.8, 4) is 5.75 Å². The highest BCUT2D eigenvalue weighted by Gasteiger charge is 2.18. The van der Waals surface area contributed by atoms with Crippen molar-refractivity contribution in [3.05, 3.63) is 70.6 Å². The van der Waals surface area contributed by atoms with Gasteiger partial charge in [-0.05, 0) is 43.2 Å². The predicted molar refractivity (Wildman–Crippen MR) is 114 cm³/mol. The van der Waals surface area contributed by atoms with Crippen LogP contribution in [-0.4, -0.2) is 37.7 Å². The van der Waals surface area contributed by atoms with Gasteiger partial charge in [0.1, 0.15) is 11.3 Å². The fourth-order valence-electron chi connectivity index (χ4n) is 3.36. The third kappa shape index (κ3) is 5.29. The molecular weight excluding hydrogens is 400 g/mol. The van der Waals surface area contributed by atoms with Crippen molar-refractivity contribution in [1.82, 2.24) is 5.32 Å². The molecule has 1 aromatic heterocycles. The number of para-hydroxylation sites is 1. The molecule has 160 valence electrons. The van der Waals surface area contributed by atoms with Crippen LogP contribution in [0, 0.1) is 0 Å². The van der Waals surface area contributed by atoms with E-state index in [-0.39, 0.29) is 18.6 Å². The second kappa shape index (κ2) is 9.44. The second-order valence-corrected chi connectivity index (χ2v) is 7.18. The van der Waals surface area contributed by atoms with E-state index in [0.29, 0.717) is 29.1 Å². The number of rotatable bonds is 7. The minimum atomic E-state index is -0.461. The third-order valence-electron chi connectivity index (χ3n) is 4.92. The van der Waals surface area contributed by atoms with Gasteiger partial charge in [0, 0.05) is 30.7 Å². The Morgan fingerprint density at radius 2 is 1.94 bits per heavy atom. The van der Waals surface area contributed by atoms with Crippen molar-refractivity contribution < 1.29 is 23.5 Å². The lowest BCUT2D eigenvalue weighted by Crippen LogP contribution is -2.32. The summed E-state index contributed by atoms with van der Waals surface area (Å²) in [7, 11) is 0. The first-order valence-electron chi connectivity index (χ1n) is 10.0. The van der Waals surface area contributed by atoms with Gasteiger partial charge in [-0.1, -0.05) is 12.1 Å².